The maximum absolute atomic E-state index is 11.1. The zero-order valence-corrected chi connectivity index (χ0v) is 10.1. The molecular formula is C11H16N4O2. The fourth-order valence-electron chi connectivity index (χ4n) is 1.41. The van der Waals surface area contributed by atoms with Crippen molar-refractivity contribution in [3.63, 3.8) is 0 Å². The fraction of sp³-hybridized carbons (Fsp3) is 0.273. The van der Waals surface area contributed by atoms with Gasteiger partial charge >= 0.3 is 12.1 Å². The highest BCUT2D eigenvalue weighted by Gasteiger charge is 2.13. The molecule has 0 aliphatic rings. The second-order valence-electron chi connectivity index (χ2n) is 3.77. The number of primary amides is 2. The molecule has 0 spiro atoms. The summed E-state index contributed by atoms with van der Waals surface area (Å²) in [5.74, 6) is 0. The van der Waals surface area contributed by atoms with Crippen LogP contribution in [0, 0.1) is 6.92 Å². The van der Waals surface area contributed by atoms with Crippen LogP contribution in [-0.2, 0) is 0 Å². The van der Waals surface area contributed by atoms with Gasteiger partial charge in [0.2, 0.25) is 0 Å². The van der Waals surface area contributed by atoms with Gasteiger partial charge in [0, 0.05) is 19.8 Å². The lowest BCUT2D eigenvalue weighted by Gasteiger charge is -2.21. The van der Waals surface area contributed by atoms with Crippen molar-refractivity contribution >= 4 is 23.4 Å². The summed E-state index contributed by atoms with van der Waals surface area (Å²) in [6.45, 7) is 1.85. The fourth-order valence-corrected chi connectivity index (χ4v) is 1.41. The van der Waals surface area contributed by atoms with Crippen LogP contribution in [0.5, 0.6) is 0 Å². The maximum atomic E-state index is 11.1. The minimum absolute atomic E-state index is 0.563. The highest BCUT2D eigenvalue weighted by molar-refractivity contribution is 5.94. The Morgan fingerprint density at radius 2 is 1.59 bits per heavy atom. The Morgan fingerprint density at radius 3 is 2.06 bits per heavy atom. The summed E-state index contributed by atoms with van der Waals surface area (Å²) in [5.41, 5.74) is 12.5. The van der Waals surface area contributed by atoms with Crippen LogP contribution in [0.25, 0.3) is 0 Å². The van der Waals surface area contributed by atoms with Gasteiger partial charge in [0.05, 0.1) is 5.69 Å². The first kappa shape index (κ1) is 12.8. The highest BCUT2D eigenvalue weighted by Crippen LogP contribution is 2.25. The van der Waals surface area contributed by atoms with Gasteiger partial charge in [0.25, 0.3) is 0 Å². The molecule has 0 heterocycles. The molecule has 6 heteroatoms. The molecule has 1 aromatic rings. The number of benzene rings is 1. The van der Waals surface area contributed by atoms with Crippen molar-refractivity contribution in [1.82, 2.24) is 0 Å². The summed E-state index contributed by atoms with van der Waals surface area (Å²) >= 11 is 0. The SMILES string of the molecule is Cc1ccc(N(C)C(N)=O)cc1N(C)C(N)=O. The monoisotopic (exact) mass is 236 g/mol. The number of nitrogens with zero attached hydrogens (tertiary/aromatic N) is 2. The molecule has 1 rings (SSSR count). The third-order valence-corrected chi connectivity index (χ3v) is 2.60. The molecule has 0 aliphatic carbocycles. The van der Waals surface area contributed by atoms with Gasteiger partial charge in [0.1, 0.15) is 0 Å². The van der Waals surface area contributed by atoms with Gasteiger partial charge < -0.3 is 11.5 Å². The minimum atomic E-state index is -0.568. The maximum Gasteiger partial charge on any atom is 0.319 e. The molecule has 0 unspecified atom stereocenters. The van der Waals surface area contributed by atoms with Gasteiger partial charge in [-0.2, -0.15) is 0 Å². The molecule has 4 amide bonds. The summed E-state index contributed by atoms with van der Waals surface area (Å²) in [4.78, 5) is 24.8. The van der Waals surface area contributed by atoms with Crippen molar-refractivity contribution in [3.8, 4) is 0 Å². The summed E-state index contributed by atoms with van der Waals surface area (Å²) in [6, 6.07) is 4.10. The Balaban J connectivity index is 3.19. The van der Waals surface area contributed by atoms with Crippen molar-refractivity contribution in [1.29, 1.82) is 0 Å². The van der Waals surface area contributed by atoms with Crippen LogP contribution in [0.2, 0.25) is 0 Å². The van der Waals surface area contributed by atoms with E-state index in [4.69, 9.17) is 11.5 Å². The van der Waals surface area contributed by atoms with Crippen LogP contribution in [0.3, 0.4) is 0 Å². The van der Waals surface area contributed by atoms with Crippen molar-refractivity contribution in [2.75, 3.05) is 23.9 Å². The highest BCUT2D eigenvalue weighted by atomic mass is 16.2. The summed E-state index contributed by atoms with van der Waals surface area (Å²) < 4.78 is 0. The molecule has 0 aromatic heterocycles. The number of urea groups is 2. The Morgan fingerprint density at radius 1 is 1.06 bits per heavy atom. The number of nitrogens with two attached hydrogens (primary N) is 2. The first-order valence-corrected chi connectivity index (χ1v) is 5.01. The number of aryl methyl sites for hydroxylation is 1. The normalized spacial score (nSPS) is 9.82. The van der Waals surface area contributed by atoms with Crippen LogP contribution in [0.15, 0.2) is 18.2 Å². The van der Waals surface area contributed by atoms with E-state index in [1.54, 1.807) is 32.3 Å². The molecule has 1 aromatic carbocycles. The van der Waals surface area contributed by atoms with Crippen molar-refractivity contribution in [2.24, 2.45) is 11.5 Å². The van der Waals surface area contributed by atoms with Crippen LogP contribution >= 0.6 is 0 Å². The molecular weight excluding hydrogens is 220 g/mol. The number of hydrogen-bond donors (Lipinski definition) is 2. The number of amides is 4. The lowest BCUT2D eigenvalue weighted by atomic mass is 10.1. The first-order valence-electron chi connectivity index (χ1n) is 5.01. The van der Waals surface area contributed by atoms with Crippen LogP contribution < -0.4 is 21.3 Å². The predicted molar refractivity (Wildman–Crippen MR) is 67.2 cm³/mol. The lowest BCUT2D eigenvalue weighted by molar-refractivity contribution is 0.254. The molecule has 0 bridgehead atoms. The summed E-state index contributed by atoms with van der Waals surface area (Å²) in [6.07, 6.45) is 0. The predicted octanol–water partition coefficient (Wildman–Crippen LogP) is 1.02. The van der Waals surface area contributed by atoms with E-state index in [-0.39, 0.29) is 0 Å². The largest absolute Gasteiger partial charge is 0.351 e. The number of carbonyl (C=O) groups is 2. The number of carbonyl (C=O) groups excluding carboxylic acids is 2. The second kappa shape index (κ2) is 4.73. The molecule has 6 nitrogen and oxygen atoms in total. The van der Waals surface area contributed by atoms with Crippen molar-refractivity contribution < 1.29 is 9.59 Å². The number of anilines is 2. The van der Waals surface area contributed by atoms with E-state index in [9.17, 15) is 9.59 Å². The van der Waals surface area contributed by atoms with Gasteiger partial charge in [0.15, 0.2) is 0 Å². The topological polar surface area (TPSA) is 92.7 Å². The van der Waals surface area contributed by atoms with E-state index in [1.807, 2.05) is 6.92 Å². The van der Waals surface area contributed by atoms with Gasteiger partial charge in [-0.3, -0.25) is 9.80 Å². The van der Waals surface area contributed by atoms with Crippen molar-refractivity contribution in [2.45, 2.75) is 6.92 Å². The number of rotatable bonds is 2. The molecule has 0 atom stereocenters. The standard InChI is InChI=1S/C11H16N4O2/c1-7-4-5-8(14(2)10(12)16)6-9(7)15(3)11(13)17/h4-6H,1-3H3,(H2,12,16)(H2,13,17). The van der Waals surface area contributed by atoms with Gasteiger partial charge in [-0.25, -0.2) is 9.59 Å². The second-order valence-corrected chi connectivity index (χ2v) is 3.77. The summed E-state index contributed by atoms with van der Waals surface area (Å²) in [5, 5.41) is 0. The van der Waals surface area contributed by atoms with Gasteiger partial charge in [-0.1, -0.05) is 6.07 Å². The Kier molecular flexibility index (Phi) is 3.57. The van der Waals surface area contributed by atoms with Crippen LogP contribution in [0.4, 0.5) is 21.0 Å². The molecule has 92 valence electrons. The van der Waals surface area contributed by atoms with Gasteiger partial charge in [-0.05, 0) is 24.6 Å². The van der Waals surface area contributed by atoms with E-state index in [1.165, 1.54) is 9.80 Å². The van der Waals surface area contributed by atoms with Crippen LogP contribution in [-0.4, -0.2) is 26.2 Å². The van der Waals surface area contributed by atoms with E-state index in [2.05, 4.69) is 0 Å². The molecule has 0 fully saturated rings. The third-order valence-electron chi connectivity index (χ3n) is 2.60. The zero-order chi connectivity index (χ0) is 13.2. The van der Waals surface area contributed by atoms with E-state index in [0.29, 0.717) is 11.4 Å². The molecule has 0 saturated carbocycles. The summed E-state index contributed by atoms with van der Waals surface area (Å²) in [7, 11) is 3.12. The van der Waals surface area contributed by atoms with Crippen molar-refractivity contribution in [3.05, 3.63) is 23.8 Å². The Bertz CT molecular complexity index is 459. The average Bonchev–Trinajstić information content (AvgIpc) is 2.27. The zero-order valence-electron chi connectivity index (χ0n) is 10.1. The van der Waals surface area contributed by atoms with E-state index in [0.717, 1.165) is 5.56 Å². The molecule has 0 aliphatic heterocycles. The third kappa shape index (κ3) is 2.66. The first-order chi connectivity index (χ1) is 7.84. The minimum Gasteiger partial charge on any atom is -0.351 e. The average molecular weight is 236 g/mol. The molecule has 0 radical (unpaired) electrons. The number of hydrogen-bond acceptors (Lipinski definition) is 2. The molecule has 4 N–H and O–H groups in total. The molecule has 0 saturated heterocycles. The quantitative estimate of drug-likeness (QED) is 0.802. The van der Waals surface area contributed by atoms with E-state index >= 15 is 0 Å². The smallest absolute Gasteiger partial charge is 0.319 e. The molecule has 17 heavy (non-hydrogen) atoms. The van der Waals surface area contributed by atoms with E-state index < -0.39 is 12.1 Å². The Hall–Kier alpha value is -2.24. The lowest BCUT2D eigenvalue weighted by Crippen LogP contribution is -2.34. The van der Waals surface area contributed by atoms with Gasteiger partial charge in [-0.15, -0.1) is 0 Å². The Labute approximate surface area is 99.8 Å². The van der Waals surface area contributed by atoms with Crippen LogP contribution in [0.1, 0.15) is 5.56 Å².